The maximum absolute atomic E-state index is 13.3. The third-order valence-corrected chi connectivity index (χ3v) is 6.56. The number of aromatic nitrogens is 2. The first-order valence-electron chi connectivity index (χ1n) is 12.6. The van der Waals surface area contributed by atoms with Crippen LogP contribution in [0.25, 0.3) is 10.9 Å². The number of nitrogens with zero attached hydrogens (tertiary/aromatic N) is 2. The number of halogens is 1. The molecule has 1 aliphatic rings. The summed E-state index contributed by atoms with van der Waals surface area (Å²) in [5.41, 5.74) is 0.430. The number of hydrogen-bond acceptors (Lipinski definition) is 6. The zero-order chi connectivity index (χ0) is 27.4. The smallest absolute Gasteiger partial charge is 0.331 e. The van der Waals surface area contributed by atoms with Crippen LogP contribution >= 0.6 is 0 Å². The average molecular weight is 532 g/mol. The SMILES string of the molecule is O=C(CCCCn1c(=O)c2ccccc2n(CC(=O)c2ccc(F)cc2)c1=O)NCc1ccc2c(c1)OCO2. The Balaban J connectivity index is 1.23. The maximum Gasteiger partial charge on any atom is 0.331 e. The molecule has 0 bridgehead atoms. The summed E-state index contributed by atoms with van der Waals surface area (Å²) in [6, 6.07) is 17.2. The summed E-state index contributed by atoms with van der Waals surface area (Å²) in [5, 5.41) is 3.17. The molecule has 0 saturated carbocycles. The third-order valence-electron chi connectivity index (χ3n) is 6.56. The van der Waals surface area contributed by atoms with Crippen molar-refractivity contribution >= 4 is 22.6 Å². The molecular formula is C29H26FN3O6. The number of unbranched alkanes of at least 4 members (excludes halogenated alkanes) is 1. The number of carbonyl (C=O) groups is 2. The van der Waals surface area contributed by atoms with Gasteiger partial charge >= 0.3 is 5.69 Å². The molecule has 0 aliphatic carbocycles. The van der Waals surface area contributed by atoms with Gasteiger partial charge in [0.15, 0.2) is 17.3 Å². The van der Waals surface area contributed by atoms with E-state index in [1.807, 2.05) is 12.1 Å². The lowest BCUT2D eigenvalue weighted by Crippen LogP contribution is -2.41. The number of para-hydroxylation sites is 1. The number of ketones is 1. The van der Waals surface area contributed by atoms with Crippen molar-refractivity contribution in [2.45, 2.75) is 38.9 Å². The Morgan fingerprint density at radius 1 is 0.897 bits per heavy atom. The molecule has 5 rings (SSSR count). The van der Waals surface area contributed by atoms with Crippen LogP contribution < -0.4 is 26.0 Å². The fourth-order valence-electron chi connectivity index (χ4n) is 4.49. The molecule has 1 amide bonds. The van der Waals surface area contributed by atoms with Gasteiger partial charge in [-0.3, -0.25) is 23.5 Å². The Labute approximate surface area is 222 Å². The van der Waals surface area contributed by atoms with Crippen LogP contribution in [-0.4, -0.2) is 27.6 Å². The van der Waals surface area contributed by atoms with Gasteiger partial charge in [0.2, 0.25) is 12.7 Å². The number of nitrogens with one attached hydrogen (secondary N) is 1. The van der Waals surface area contributed by atoms with Crippen LogP contribution in [0.1, 0.15) is 35.2 Å². The number of Topliss-reactive ketones (excluding diaryl/α,β-unsaturated/α-hetero) is 1. The summed E-state index contributed by atoms with van der Waals surface area (Å²) in [6.07, 6.45) is 1.10. The minimum absolute atomic E-state index is 0.0999. The number of ether oxygens (including phenoxy) is 2. The van der Waals surface area contributed by atoms with Gasteiger partial charge in [-0.15, -0.1) is 0 Å². The second-order valence-corrected chi connectivity index (χ2v) is 9.19. The predicted molar refractivity (Wildman–Crippen MR) is 141 cm³/mol. The van der Waals surface area contributed by atoms with E-state index in [1.165, 1.54) is 28.8 Å². The van der Waals surface area contributed by atoms with Crippen LogP contribution in [0.5, 0.6) is 11.5 Å². The summed E-state index contributed by atoms with van der Waals surface area (Å²) >= 11 is 0. The fourth-order valence-corrected chi connectivity index (χ4v) is 4.49. The molecule has 1 aromatic heterocycles. The molecule has 0 atom stereocenters. The van der Waals surface area contributed by atoms with Crippen LogP contribution in [0, 0.1) is 5.82 Å². The topological polar surface area (TPSA) is 109 Å². The molecule has 1 N–H and O–H groups in total. The van der Waals surface area contributed by atoms with Gasteiger partial charge in [-0.25, -0.2) is 9.18 Å². The lowest BCUT2D eigenvalue weighted by molar-refractivity contribution is -0.121. The monoisotopic (exact) mass is 531 g/mol. The van der Waals surface area contributed by atoms with Gasteiger partial charge in [-0.1, -0.05) is 18.2 Å². The molecule has 200 valence electrons. The van der Waals surface area contributed by atoms with E-state index in [0.717, 1.165) is 10.1 Å². The van der Waals surface area contributed by atoms with Crippen LogP contribution in [0.4, 0.5) is 4.39 Å². The molecule has 9 nitrogen and oxygen atoms in total. The Bertz CT molecular complexity index is 1660. The molecule has 3 aromatic carbocycles. The second-order valence-electron chi connectivity index (χ2n) is 9.19. The van der Waals surface area contributed by atoms with Crippen molar-refractivity contribution in [1.29, 1.82) is 0 Å². The van der Waals surface area contributed by atoms with Crippen molar-refractivity contribution in [2.75, 3.05) is 6.79 Å². The van der Waals surface area contributed by atoms with E-state index in [-0.39, 0.29) is 43.6 Å². The molecule has 0 fully saturated rings. The first-order valence-corrected chi connectivity index (χ1v) is 12.6. The van der Waals surface area contributed by atoms with Crippen LogP contribution in [0.2, 0.25) is 0 Å². The van der Waals surface area contributed by atoms with Crippen molar-refractivity contribution in [3.63, 3.8) is 0 Å². The van der Waals surface area contributed by atoms with Gasteiger partial charge < -0.3 is 14.8 Å². The zero-order valence-corrected chi connectivity index (χ0v) is 21.0. The van der Waals surface area contributed by atoms with E-state index in [9.17, 15) is 23.6 Å². The Morgan fingerprint density at radius 3 is 2.49 bits per heavy atom. The Morgan fingerprint density at radius 2 is 1.67 bits per heavy atom. The number of amides is 1. The molecule has 39 heavy (non-hydrogen) atoms. The standard InChI is InChI=1S/C29H26FN3O6/c30-21-11-9-20(10-12-21)24(34)17-33-23-6-2-1-5-22(23)28(36)32(29(33)37)14-4-3-7-27(35)31-16-19-8-13-25-26(15-19)39-18-38-25/h1-2,5-6,8-13,15H,3-4,7,14,16-18H2,(H,31,35). The number of fused-ring (bicyclic) bond motifs is 2. The van der Waals surface area contributed by atoms with E-state index >= 15 is 0 Å². The van der Waals surface area contributed by atoms with Gasteiger partial charge in [0, 0.05) is 25.1 Å². The van der Waals surface area contributed by atoms with E-state index in [0.29, 0.717) is 41.8 Å². The highest BCUT2D eigenvalue weighted by Gasteiger charge is 2.17. The molecule has 0 unspecified atom stereocenters. The van der Waals surface area contributed by atoms with E-state index < -0.39 is 17.1 Å². The highest BCUT2D eigenvalue weighted by Crippen LogP contribution is 2.32. The minimum Gasteiger partial charge on any atom is -0.454 e. The summed E-state index contributed by atoms with van der Waals surface area (Å²) < 4.78 is 26.3. The van der Waals surface area contributed by atoms with Crippen molar-refractivity contribution < 1.29 is 23.5 Å². The normalized spacial score (nSPS) is 12.0. The molecule has 0 spiro atoms. The lowest BCUT2D eigenvalue weighted by Gasteiger charge is -2.14. The first kappa shape index (κ1) is 25.9. The van der Waals surface area contributed by atoms with Crippen molar-refractivity contribution in [1.82, 2.24) is 14.5 Å². The lowest BCUT2D eigenvalue weighted by atomic mass is 10.1. The first-order chi connectivity index (χ1) is 18.9. The van der Waals surface area contributed by atoms with Gasteiger partial charge in [0.25, 0.3) is 5.56 Å². The van der Waals surface area contributed by atoms with Gasteiger partial charge in [0.1, 0.15) is 5.82 Å². The van der Waals surface area contributed by atoms with E-state index in [4.69, 9.17) is 9.47 Å². The number of hydrogen-bond donors (Lipinski definition) is 1. The third kappa shape index (κ3) is 5.74. The Kier molecular flexibility index (Phi) is 7.53. The van der Waals surface area contributed by atoms with E-state index in [2.05, 4.69) is 5.32 Å². The molecular weight excluding hydrogens is 505 g/mol. The van der Waals surface area contributed by atoms with Gasteiger partial charge in [-0.2, -0.15) is 0 Å². The summed E-state index contributed by atoms with van der Waals surface area (Å²) in [6.45, 7) is 0.323. The van der Waals surface area contributed by atoms with E-state index in [1.54, 1.807) is 30.3 Å². The van der Waals surface area contributed by atoms with Crippen molar-refractivity contribution in [3.05, 3.63) is 105 Å². The molecule has 2 heterocycles. The van der Waals surface area contributed by atoms with Crippen LogP contribution in [-0.2, 0) is 24.4 Å². The van der Waals surface area contributed by atoms with Gasteiger partial charge in [-0.05, 0) is 66.9 Å². The average Bonchev–Trinajstić information content (AvgIpc) is 3.42. The summed E-state index contributed by atoms with van der Waals surface area (Å²) in [7, 11) is 0. The molecule has 1 aliphatic heterocycles. The largest absolute Gasteiger partial charge is 0.454 e. The fraction of sp³-hybridized carbons (Fsp3) is 0.241. The van der Waals surface area contributed by atoms with Crippen LogP contribution in [0.15, 0.2) is 76.3 Å². The Hall–Kier alpha value is -4.73. The van der Waals surface area contributed by atoms with Crippen molar-refractivity contribution in [2.24, 2.45) is 0 Å². The highest BCUT2D eigenvalue weighted by molar-refractivity contribution is 5.96. The summed E-state index contributed by atoms with van der Waals surface area (Å²) in [4.78, 5) is 51.6. The van der Waals surface area contributed by atoms with Crippen LogP contribution in [0.3, 0.4) is 0 Å². The molecule has 4 aromatic rings. The zero-order valence-electron chi connectivity index (χ0n) is 21.0. The molecule has 0 saturated heterocycles. The van der Waals surface area contributed by atoms with Crippen molar-refractivity contribution in [3.8, 4) is 11.5 Å². The second kappa shape index (κ2) is 11.3. The van der Waals surface area contributed by atoms with Gasteiger partial charge in [0.05, 0.1) is 17.4 Å². The number of benzene rings is 3. The summed E-state index contributed by atoms with van der Waals surface area (Å²) in [5.74, 6) is 0.317. The predicted octanol–water partition coefficient (Wildman–Crippen LogP) is 3.40. The molecule has 0 radical (unpaired) electrons. The quantitative estimate of drug-likeness (QED) is 0.248. The maximum atomic E-state index is 13.3. The molecule has 10 heteroatoms. The highest BCUT2D eigenvalue weighted by atomic mass is 19.1. The number of rotatable bonds is 10. The number of carbonyl (C=O) groups excluding carboxylic acids is 2. The minimum atomic E-state index is -0.610.